The number of nitriles is 1. The van der Waals surface area contributed by atoms with Crippen LogP contribution in [0.2, 0.25) is 0 Å². The van der Waals surface area contributed by atoms with Crippen LogP contribution < -0.4 is 11.1 Å². The predicted molar refractivity (Wildman–Crippen MR) is 214 cm³/mol. The number of nitrogen functional groups attached to an aromatic ring is 1. The quantitative estimate of drug-likeness (QED) is 0.196. The van der Waals surface area contributed by atoms with Gasteiger partial charge >= 0.3 is 0 Å². The Balaban J connectivity index is 0.00000469. The molecule has 0 spiro atoms. The molecule has 13 nitrogen and oxygen atoms in total. The summed E-state index contributed by atoms with van der Waals surface area (Å²) in [5, 5.41) is 12.3. The van der Waals surface area contributed by atoms with Crippen LogP contribution in [0.4, 0.5) is 5.69 Å². The minimum absolute atomic E-state index is 0.00594. The van der Waals surface area contributed by atoms with Gasteiger partial charge in [0, 0.05) is 46.6 Å². The van der Waals surface area contributed by atoms with Gasteiger partial charge in [-0.05, 0) is 70.8 Å². The SMILES string of the molecule is CCC.CCC(C)C(C(CC(=O)N1CCCC1C(OC)C(C)C(=O)N(C)C(CC#N)Cc1cccc(N)c1)OC)N(C)C(=O)CNC(=O)C(C)(C)N(C)C. The van der Waals surface area contributed by atoms with Crippen molar-refractivity contribution in [3.05, 3.63) is 29.8 Å². The second-order valence-corrected chi connectivity index (χ2v) is 15.4. The molecule has 1 fully saturated rings. The smallest absolute Gasteiger partial charge is 0.242 e. The van der Waals surface area contributed by atoms with Crippen LogP contribution in [0.5, 0.6) is 0 Å². The van der Waals surface area contributed by atoms with Gasteiger partial charge in [-0.25, -0.2) is 0 Å². The van der Waals surface area contributed by atoms with Crippen molar-refractivity contribution >= 4 is 29.3 Å². The van der Waals surface area contributed by atoms with Crippen molar-refractivity contribution in [1.82, 2.24) is 24.9 Å². The zero-order chi connectivity index (χ0) is 41.3. The van der Waals surface area contributed by atoms with E-state index in [1.165, 1.54) is 6.42 Å². The number of benzene rings is 1. The van der Waals surface area contributed by atoms with Crippen molar-refractivity contribution in [2.45, 2.75) is 129 Å². The summed E-state index contributed by atoms with van der Waals surface area (Å²) in [6.45, 7) is 14.0. The van der Waals surface area contributed by atoms with Crippen molar-refractivity contribution in [3.63, 3.8) is 0 Å². The highest BCUT2D eigenvalue weighted by molar-refractivity contribution is 5.89. The largest absolute Gasteiger partial charge is 0.399 e. The molecule has 1 saturated heterocycles. The third-order valence-electron chi connectivity index (χ3n) is 11.0. The second-order valence-electron chi connectivity index (χ2n) is 15.4. The van der Waals surface area contributed by atoms with Crippen LogP contribution >= 0.6 is 0 Å². The fourth-order valence-electron chi connectivity index (χ4n) is 6.96. The fraction of sp³-hybridized carbons (Fsp3) is 0.732. The third kappa shape index (κ3) is 13.2. The van der Waals surface area contributed by atoms with E-state index >= 15 is 0 Å². The number of hydrogen-bond donors (Lipinski definition) is 2. The summed E-state index contributed by atoms with van der Waals surface area (Å²) in [5.74, 6) is -1.45. The van der Waals surface area contributed by atoms with Gasteiger partial charge in [0.2, 0.25) is 23.6 Å². The number of rotatable bonds is 19. The molecule has 1 heterocycles. The number of ether oxygens (including phenoxy) is 2. The summed E-state index contributed by atoms with van der Waals surface area (Å²) >= 11 is 0. The number of carbonyl (C=O) groups is 4. The Morgan fingerprint density at radius 1 is 1.06 bits per heavy atom. The van der Waals surface area contributed by atoms with Crippen LogP contribution in [0.3, 0.4) is 0 Å². The van der Waals surface area contributed by atoms with Gasteiger partial charge in [0.1, 0.15) is 0 Å². The number of nitrogens with zero attached hydrogens (tertiary/aromatic N) is 5. The number of carbonyl (C=O) groups excluding carboxylic acids is 4. The van der Waals surface area contributed by atoms with Gasteiger partial charge < -0.3 is 35.2 Å². The van der Waals surface area contributed by atoms with E-state index in [2.05, 4.69) is 25.2 Å². The Morgan fingerprint density at radius 2 is 1.69 bits per heavy atom. The molecule has 1 aliphatic rings. The van der Waals surface area contributed by atoms with E-state index in [1.54, 1.807) is 81.9 Å². The molecule has 54 heavy (non-hydrogen) atoms. The number of anilines is 1. The number of methoxy groups -OCH3 is 2. The monoisotopic (exact) mass is 758 g/mol. The van der Waals surface area contributed by atoms with Crippen molar-refractivity contribution in [2.24, 2.45) is 11.8 Å². The maximum absolute atomic E-state index is 14.1. The maximum atomic E-state index is 14.1. The van der Waals surface area contributed by atoms with E-state index in [-0.39, 0.29) is 61.0 Å². The molecule has 0 aromatic heterocycles. The molecule has 3 N–H and O–H groups in total. The number of likely N-dealkylation sites (tertiary alicyclic amines) is 1. The Morgan fingerprint density at radius 3 is 2.20 bits per heavy atom. The van der Waals surface area contributed by atoms with Crippen molar-refractivity contribution in [2.75, 3.05) is 61.2 Å². The van der Waals surface area contributed by atoms with E-state index in [1.807, 2.05) is 39.0 Å². The first kappa shape index (κ1) is 48.3. The summed E-state index contributed by atoms with van der Waals surface area (Å²) in [6, 6.07) is 8.51. The highest BCUT2D eigenvalue weighted by Crippen LogP contribution is 2.30. The molecule has 13 heteroatoms. The van der Waals surface area contributed by atoms with Crippen molar-refractivity contribution in [1.29, 1.82) is 5.26 Å². The zero-order valence-corrected chi connectivity index (χ0v) is 35.5. The number of hydrogen-bond acceptors (Lipinski definition) is 9. The predicted octanol–water partition coefficient (Wildman–Crippen LogP) is 4.34. The minimum atomic E-state index is -0.796. The van der Waals surface area contributed by atoms with Gasteiger partial charge in [-0.3, -0.25) is 24.1 Å². The summed E-state index contributed by atoms with van der Waals surface area (Å²) in [4.78, 5) is 61.0. The number of likely N-dealkylation sites (N-methyl/N-ethyl adjacent to an activating group) is 3. The molecule has 2 rings (SSSR count). The molecule has 1 aromatic rings. The highest BCUT2D eigenvalue weighted by atomic mass is 16.5. The zero-order valence-electron chi connectivity index (χ0n) is 35.5. The van der Waals surface area contributed by atoms with Gasteiger partial charge in [-0.2, -0.15) is 5.26 Å². The third-order valence-corrected chi connectivity index (χ3v) is 11.0. The summed E-state index contributed by atoms with van der Waals surface area (Å²) in [7, 11) is 10.1. The molecular weight excluding hydrogens is 686 g/mol. The Labute approximate surface area is 325 Å². The lowest BCUT2D eigenvalue weighted by atomic mass is 9.90. The van der Waals surface area contributed by atoms with E-state index < -0.39 is 29.7 Å². The van der Waals surface area contributed by atoms with Crippen LogP contribution in [0, 0.1) is 23.2 Å². The van der Waals surface area contributed by atoms with Crippen molar-refractivity contribution in [3.8, 4) is 6.07 Å². The number of amides is 4. The average Bonchev–Trinajstić information content (AvgIpc) is 3.62. The molecule has 7 unspecified atom stereocenters. The first-order valence-electron chi connectivity index (χ1n) is 19.4. The van der Waals surface area contributed by atoms with Gasteiger partial charge in [-0.15, -0.1) is 0 Å². The lowest BCUT2D eigenvalue weighted by Crippen LogP contribution is -2.56. The van der Waals surface area contributed by atoms with E-state index in [0.717, 1.165) is 18.4 Å². The standard InChI is InChI=1S/C38H63N7O6.C3H8/c1-12-25(2)34(44(9)33(47)24-41-37(49)38(4,5)42(6)7)31(50-10)23-32(46)45-20-14-17-30(45)35(51-11)26(3)36(48)43(8)29(18-19-39)22-27-15-13-16-28(40)21-27;1-3-2/h13,15-16,21,25-26,29-31,34-35H,12,14,17-18,20,22-24,40H2,1-11H3,(H,41,49);3H2,1-2H3. The average molecular weight is 758 g/mol. The molecule has 0 radical (unpaired) electrons. The molecule has 0 aliphatic carbocycles. The fourth-order valence-corrected chi connectivity index (χ4v) is 6.96. The molecule has 1 aromatic carbocycles. The Hall–Kier alpha value is -3.73. The minimum Gasteiger partial charge on any atom is -0.399 e. The van der Waals surface area contributed by atoms with E-state index in [0.29, 0.717) is 25.1 Å². The summed E-state index contributed by atoms with van der Waals surface area (Å²) in [6.07, 6.45) is 2.90. The molecular formula is C41H71N7O6. The highest BCUT2D eigenvalue weighted by Gasteiger charge is 2.43. The van der Waals surface area contributed by atoms with Crippen LogP contribution in [0.1, 0.15) is 92.6 Å². The Bertz CT molecular complexity index is 1380. The van der Waals surface area contributed by atoms with Crippen molar-refractivity contribution < 1.29 is 28.7 Å². The van der Waals surface area contributed by atoms with Crippen LogP contribution in [0.15, 0.2) is 24.3 Å². The maximum Gasteiger partial charge on any atom is 0.242 e. The molecule has 7 atom stereocenters. The molecule has 0 saturated carbocycles. The lowest BCUT2D eigenvalue weighted by Gasteiger charge is -2.40. The number of nitrogens with one attached hydrogen (secondary N) is 1. The summed E-state index contributed by atoms with van der Waals surface area (Å²) < 4.78 is 11.9. The first-order valence-corrected chi connectivity index (χ1v) is 19.4. The normalized spacial score (nSPS) is 17.6. The van der Waals surface area contributed by atoms with Crippen LogP contribution in [0.25, 0.3) is 0 Å². The topological polar surface area (TPSA) is 162 Å². The molecule has 306 valence electrons. The second kappa shape index (κ2) is 23.2. The first-order chi connectivity index (χ1) is 25.4. The van der Waals surface area contributed by atoms with Gasteiger partial charge in [0.05, 0.1) is 61.2 Å². The van der Waals surface area contributed by atoms with Gasteiger partial charge in [0.15, 0.2) is 0 Å². The van der Waals surface area contributed by atoms with Gasteiger partial charge in [-0.1, -0.05) is 59.6 Å². The Kier molecular flexibility index (Phi) is 20.8. The van der Waals surface area contributed by atoms with Crippen LogP contribution in [-0.4, -0.2) is 135 Å². The summed E-state index contributed by atoms with van der Waals surface area (Å²) in [5.41, 5.74) is 6.73. The molecule has 0 bridgehead atoms. The molecule has 4 amide bonds. The number of nitrogens with two attached hydrogens (primary N) is 1. The molecule has 1 aliphatic heterocycles. The van der Waals surface area contributed by atoms with E-state index in [9.17, 15) is 24.4 Å². The van der Waals surface area contributed by atoms with Crippen LogP contribution in [-0.2, 0) is 35.1 Å². The van der Waals surface area contributed by atoms with Gasteiger partial charge in [0.25, 0.3) is 0 Å². The lowest BCUT2D eigenvalue weighted by molar-refractivity contribution is -0.148. The van der Waals surface area contributed by atoms with E-state index in [4.69, 9.17) is 15.2 Å².